The number of hydrogen-bond acceptors (Lipinski definition) is 2. The summed E-state index contributed by atoms with van der Waals surface area (Å²) in [7, 11) is 0. The summed E-state index contributed by atoms with van der Waals surface area (Å²) in [5, 5.41) is 0.822. The van der Waals surface area contributed by atoms with Crippen molar-refractivity contribution in [2.75, 3.05) is 6.54 Å². The number of ether oxygens (including phenoxy) is 1. The van der Waals surface area contributed by atoms with Crippen molar-refractivity contribution in [3.63, 3.8) is 0 Å². The minimum Gasteiger partial charge on any atom is -0.486 e. The third-order valence-electron chi connectivity index (χ3n) is 3.42. The van der Waals surface area contributed by atoms with Gasteiger partial charge in [-0.25, -0.2) is 0 Å². The molecule has 0 atom stereocenters. The van der Waals surface area contributed by atoms with Gasteiger partial charge in [-0.1, -0.05) is 25.4 Å². The Kier molecular flexibility index (Phi) is 3.37. The van der Waals surface area contributed by atoms with Gasteiger partial charge in [0.05, 0.1) is 0 Å². The lowest BCUT2D eigenvalue weighted by Crippen LogP contribution is -2.28. The number of benzene rings is 1. The van der Waals surface area contributed by atoms with Crippen LogP contribution in [0.25, 0.3) is 0 Å². The fourth-order valence-corrected chi connectivity index (χ4v) is 2.38. The highest BCUT2D eigenvalue weighted by Gasteiger charge is 2.44. The molecule has 0 spiro atoms. The van der Waals surface area contributed by atoms with E-state index in [4.69, 9.17) is 22.1 Å². The van der Waals surface area contributed by atoms with Crippen LogP contribution in [0.3, 0.4) is 0 Å². The van der Waals surface area contributed by atoms with E-state index < -0.39 is 0 Å². The fourth-order valence-electron chi connectivity index (χ4n) is 1.94. The van der Waals surface area contributed by atoms with Gasteiger partial charge < -0.3 is 10.5 Å². The van der Waals surface area contributed by atoms with E-state index in [-0.39, 0.29) is 5.60 Å². The van der Waals surface area contributed by atoms with E-state index in [1.807, 2.05) is 13.0 Å². The van der Waals surface area contributed by atoms with Crippen molar-refractivity contribution in [1.29, 1.82) is 0 Å². The fraction of sp³-hybridized carbons (Fsp3) is 0.571. The molecule has 3 heteroatoms. The van der Waals surface area contributed by atoms with Crippen molar-refractivity contribution < 1.29 is 4.74 Å². The third-order valence-corrected chi connectivity index (χ3v) is 3.75. The summed E-state index contributed by atoms with van der Waals surface area (Å²) in [4.78, 5) is 0. The van der Waals surface area contributed by atoms with Gasteiger partial charge in [-0.2, -0.15) is 0 Å². The molecule has 1 aromatic rings. The van der Waals surface area contributed by atoms with Gasteiger partial charge in [-0.3, -0.25) is 0 Å². The molecule has 94 valence electrons. The maximum atomic E-state index is 6.24. The largest absolute Gasteiger partial charge is 0.486 e. The number of halogens is 1. The molecule has 2 N–H and O–H groups in total. The van der Waals surface area contributed by atoms with E-state index in [1.54, 1.807) is 0 Å². The van der Waals surface area contributed by atoms with Gasteiger partial charge in [-0.05, 0) is 48.9 Å². The summed E-state index contributed by atoms with van der Waals surface area (Å²) in [5.41, 5.74) is 7.86. The lowest BCUT2D eigenvalue weighted by atomic mass is 10.0. The lowest BCUT2D eigenvalue weighted by Gasteiger charge is -2.20. The van der Waals surface area contributed by atoms with Crippen molar-refractivity contribution in [3.8, 4) is 5.75 Å². The molecule has 17 heavy (non-hydrogen) atoms. The highest BCUT2D eigenvalue weighted by atomic mass is 35.5. The minimum absolute atomic E-state index is 0.104. The van der Waals surface area contributed by atoms with Crippen molar-refractivity contribution >= 4 is 11.6 Å². The second-order valence-corrected chi connectivity index (χ2v) is 5.69. The molecule has 0 aliphatic heterocycles. The van der Waals surface area contributed by atoms with Crippen LogP contribution >= 0.6 is 11.6 Å². The summed E-state index contributed by atoms with van der Waals surface area (Å²) in [6.07, 6.45) is 2.12. The van der Waals surface area contributed by atoms with Gasteiger partial charge in [-0.15, -0.1) is 0 Å². The van der Waals surface area contributed by atoms with Crippen molar-refractivity contribution in [2.24, 2.45) is 5.73 Å². The lowest BCUT2D eigenvalue weighted by molar-refractivity contribution is 0.186. The molecule has 1 aliphatic rings. The first-order chi connectivity index (χ1) is 7.97. The molecule has 0 bridgehead atoms. The van der Waals surface area contributed by atoms with Crippen LogP contribution in [0.2, 0.25) is 5.02 Å². The molecule has 2 rings (SSSR count). The SMILES string of the molecule is Cc1cc(Cl)c(C(C)C)cc1OC1(CN)CC1. The van der Waals surface area contributed by atoms with Crippen LogP contribution in [0.15, 0.2) is 12.1 Å². The molecule has 0 radical (unpaired) electrons. The Morgan fingerprint density at radius 3 is 2.53 bits per heavy atom. The van der Waals surface area contributed by atoms with E-state index in [2.05, 4.69) is 19.9 Å². The van der Waals surface area contributed by atoms with Crippen LogP contribution in [0.4, 0.5) is 0 Å². The Labute approximate surface area is 108 Å². The Bertz CT molecular complexity index is 424. The van der Waals surface area contributed by atoms with E-state index >= 15 is 0 Å². The van der Waals surface area contributed by atoms with Gasteiger partial charge in [0.1, 0.15) is 11.4 Å². The van der Waals surface area contributed by atoms with Gasteiger partial charge >= 0.3 is 0 Å². The number of rotatable bonds is 4. The van der Waals surface area contributed by atoms with Crippen molar-refractivity contribution in [1.82, 2.24) is 0 Å². The van der Waals surface area contributed by atoms with Crippen LogP contribution in [0.1, 0.15) is 43.7 Å². The number of aryl methyl sites for hydroxylation is 1. The number of hydrogen-bond donors (Lipinski definition) is 1. The van der Waals surface area contributed by atoms with Crippen LogP contribution in [-0.4, -0.2) is 12.1 Å². The highest BCUT2D eigenvalue weighted by molar-refractivity contribution is 6.31. The molecule has 0 unspecified atom stereocenters. The second kappa shape index (κ2) is 4.51. The van der Waals surface area contributed by atoms with Crippen molar-refractivity contribution in [3.05, 3.63) is 28.3 Å². The first-order valence-corrected chi connectivity index (χ1v) is 6.54. The van der Waals surface area contributed by atoms with E-state index in [1.165, 1.54) is 0 Å². The summed E-state index contributed by atoms with van der Waals surface area (Å²) >= 11 is 6.24. The molecule has 0 aromatic heterocycles. The quantitative estimate of drug-likeness (QED) is 0.889. The molecular formula is C14H20ClNO. The molecule has 1 fully saturated rings. The molecule has 2 nitrogen and oxygen atoms in total. The third kappa shape index (κ3) is 2.58. The zero-order valence-corrected chi connectivity index (χ0v) is 11.5. The summed E-state index contributed by atoms with van der Waals surface area (Å²) in [6.45, 7) is 6.89. The maximum Gasteiger partial charge on any atom is 0.123 e. The maximum absolute atomic E-state index is 6.24. The smallest absolute Gasteiger partial charge is 0.123 e. The zero-order chi connectivity index (χ0) is 12.6. The molecule has 1 aromatic carbocycles. The van der Waals surface area contributed by atoms with Gasteiger partial charge in [0.25, 0.3) is 0 Å². The first-order valence-electron chi connectivity index (χ1n) is 6.16. The number of nitrogens with two attached hydrogens (primary N) is 1. The van der Waals surface area contributed by atoms with Gasteiger partial charge in [0.15, 0.2) is 0 Å². The van der Waals surface area contributed by atoms with E-state index in [0.29, 0.717) is 12.5 Å². The molecule has 1 aliphatic carbocycles. The van der Waals surface area contributed by atoms with Crippen LogP contribution in [-0.2, 0) is 0 Å². The average Bonchev–Trinajstić information content (AvgIpc) is 3.02. The van der Waals surface area contributed by atoms with Crippen LogP contribution in [0, 0.1) is 6.92 Å². The average molecular weight is 254 g/mol. The Hall–Kier alpha value is -0.730. The minimum atomic E-state index is -0.104. The Morgan fingerprint density at radius 2 is 2.06 bits per heavy atom. The summed E-state index contributed by atoms with van der Waals surface area (Å²) in [6, 6.07) is 4.05. The first kappa shape index (κ1) is 12.7. The Balaban J connectivity index is 2.30. The molecule has 0 heterocycles. The summed E-state index contributed by atoms with van der Waals surface area (Å²) in [5.74, 6) is 1.33. The Morgan fingerprint density at radius 1 is 1.41 bits per heavy atom. The monoisotopic (exact) mass is 253 g/mol. The van der Waals surface area contributed by atoms with E-state index in [0.717, 1.165) is 34.7 Å². The zero-order valence-electron chi connectivity index (χ0n) is 10.7. The van der Waals surface area contributed by atoms with Crippen molar-refractivity contribution in [2.45, 2.75) is 45.1 Å². The molecular weight excluding hydrogens is 234 g/mol. The van der Waals surface area contributed by atoms with Crippen LogP contribution in [0.5, 0.6) is 5.75 Å². The molecule has 0 amide bonds. The predicted molar refractivity (Wildman–Crippen MR) is 71.9 cm³/mol. The topological polar surface area (TPSA) is 35.2 Å². The highest BCUT2D eigenvalue weighted by Crippen LogP contribution is 2.41. The summed E-state index contributed by atoms with van der Waals surface area (Å²) < 4.78 is 6.06. The van der Waals surface area contributed by atoms with Crippen LogP contribution < -0.4 is 10.5 Å². The van der Waals surface area contributed by atoms with Gasteiger partial charge in [0, 0.05) is 11.6 Å². The van der Waals surface area contributed by atoms with Gasteiger partial charge in [0.2, 0.25) is 0 Å². The molecule has 1 saturated carbocycles. The van der Waals surface area contributed by atoms with E-state index in [9.17, 15) is 0 Å². The molecule has 0 saturated heterocycles. The normalized spacial score (nSPS) is 17.3. The standard InChI is InChI=1S/C14H20ClNO/c1-9(2)11-7-13(10(3)6-12(11)15)17-14(8-16)4-5-14/h6-7,9H,4-5,8,16H2,1-3H3. The second-order valence-electron chi connectivity index (χ2n) is 5.28. The predicted octanol–water partition coefficient (Wildman–Crippen LogP) is 3.64.